The van der Waals surface area contributed by atoms with E-state index in [4.69, 9.17) is 0 Å². The van der Waals surface area contributed by atoms with Gasteiger partial charge in [-0.05, 0) is 35.4 Å². The van der Waals surface area contributed by atoms with Crippen LogP contribution in [0.4, 0.5) is 13.2 Å². The predicted molar refractivity (Wildman–Crippen MR) is 104 cm³/mol. The zero-order chi connectivity index (χ0) is 20.8. The molecule has 0 fully saturated rings. The summed E-state index contributed by atoms with van der Waals surface area (Å²) in [6.07, 6.45) is 1.07. The Kier molecular flexibility index (Phi) is 7.88. The van der Waals surface area contributed by atoms with E-state index in [1.807, 2.05) is 0 Å². The Labute approximate surface area is 176 Å². The standard InChI is InChI=1S/C20H15F3N4O2.ClH/c21-14-4-1-12(2-5-14)9-24-19(28)17-8-18(27-11-26-17)20(29)25-10-13-3-6-15(22)16(23)7-13;/h1-8,11H,9-10H2,(H,24,28)(H,25,29);1H. The smallest absolute Gasteiger partial charge is 0.270 e. The Morgan fingerprint density at radius 2 is 1.27 bits per heavy atom. The van der Waals surface area contributed by atoms with Gasteiger partial charge in [0.05, 0.1) is 0 Å². The maximum atomic E-state index is 13.2. The number of hydrogen-bond acceptors (Lipinski definition) is 4. The van der Waals surface area contributed by atoms with E-state index >= 15 is 0 Å². The first-order chi connectivity index (χ1) is 13.9. The van der Waals surface area contributed by atoms with Crippen LogP contribution in [0.5, 0.6) is 0 Å². The number of aromatic nitrogens is 2. The van der Waals surface area contributed by atoms with E-state index in [1.165, 1.54) is 36.4 Å². The van der Waals surface area contributed by atoms with Gasteiger partial charge in [0, 0.05) is 19.2 Å². The Hall–Kier alpha value is -3.46. The molecule has 3 rings (SSSR count). The van der Waals surface area contributed by atoms with Crippen LogP contribution in [0.1, 0.15) is 32.1 Å². The average Bonchev–Trinajstić information content (AvgIpc) is 2.73. The van der Waals surface area contributed by atoms with Crippen LogP contribution in [-0.2, 0) is 13.1 Å². The molecule has 0 bridgehead atoms. The number of nitrogens with one attached hydrogen (secondary N) is 2. The number of amides is 2. The van der Waals surface area contributed by atoms with Crippen molar-refractivity contribution in [2.45, 2.75) is 13.1 Å². The third kappa shape index (κ3) is 6.02. The van der Waals surface area contributed by atoms with E-state index in [0.29, 0.717) is 11.1 Å². The maximum absolute atomic E-state index is 13.2. The highest BCUT2D eigenvalue weighted by Gasteiger charge is 2.13. The van der Waals surface area contributed by atoms with E-state index in [0.717, 1.165) is 18.5 Å². The summed E-state index contributed by atoms with van der Waals surface area (Å²) in [6, 6.07) is 10.1. The summed E-state index contributed by atoms with van der Waals surface area (Å²) in [5.74, 6) is -3.52. The molecule has 0 saturated heterocycles. The van der Waals surface area contributed by atoms with Crippen molar-refractivity contribution < 1.29 is 22.8 Å². The Balaban J connectivity index is 0.00000320. The summed E-state index contributed by atoms with van der Waals surface area (Å²) in [5, 5.41) is 5.12. The van der Waals surface area contributed by atoms with E-state index in [9.17, 15) is 22.8 Å². The molecule has 30 heavy (non-hydrogen) atoms. The molecular formula is C20H16ClF3N4O2. The van der Waals surface area contributed by atoms with Crippen molar-refractivity contribution in [1.82, 2.24) is 20.6 Å². The van der Waals surface area contributed by atoms with Crippen molar-refractivity contribution in [3.8, 4) is 0 Å². The van der Waals surface area contributed by atoms with Crippen LogP contribution in [0, 0.1) is 17.5 Å². The lowest BCUT2D eigenvalue weighted by molar-refractivity contribution is 0.0944. The molecular weight excluding hydrogens is 421 g/mol. The fourth-order valence-electron chi connectivity index (χ4n) is 2.40. The van der Waals surface area contributed by atoms with E-state index in [-0.39, 0.29) is 42.7 Å². The first-order valence-corrected chi connectivity index (χ1v) is 8.49. The van der Waals surface area contributed by atoms with Gasteiger partial charge in [0.15, 0.2) is 11.6 Å². The zero-order valence-electron chi connectivity index (χ0n) is 15.4. The highest BCUT2D eigenvalue weighted by Crippen LogP contribution is 2.09. The average molecular weight is 437 g/mol. The van der Waals surface area contributed by atoms with Crippen LogP contribution in [0.25, 0.3) is 0 Å². The number of benzene rings is 2. The van der Waals surface area contributed by atoms with Gasteiger partial charge in [-0.25, -0.2) is 23.1 Å². The highest BCUT2D eigenvalue weighted by atomic mass is 35.5. The van der Waals surface area contributed by atoms with Gasteiger partial charge in [-0.3, -0.25) is 9.59 Å². The molecule has 0 saturated carbocycles. The summed E-state index contributed by atoms with van der Waals surface area (Å²) in [7, 11) is 0. The molecule has 1 heterocycles. The lowest BCUT2D eigenvalue weighted by Crippen LogP contribution is -2.27. The number of nitrogens with zero attached hydrogens (tertiary/aromatic N) is 2. The number of carbonyl (C=O) groups excluding carboxylic acids is 2. The highest BCUT2D eigenvalue weighted by molar-refractivity contribution is 5.97. The quantitative estimate of drug-likeness (QED) is 0.621. The monoisotopic (exact) mass is 436 g/mol. The molecule has 0 radical (unpaired) electrons. The minimum Gasteiger partial charge on any atom is -0.347 e. The fourth-order valence-corrected chi connectivity index (χ4v) is 2.40. The predicted octanol–water partition coefficient (Wildman–Crippen LogP) is 3.18. The topological polar surface area (TPSA) is 84.0 Å². The second kappa shape index (κ2) is 10.4. The van der Waals surface area contributed by atoms with Crippen LogP contribution >= 0.6 is 12.4 Å². The molecule has 0 aliphatic carbocycles. The van der Waals surface area contributed by atoms with E-state index in [1.54, 1.807) is 0 Å². The van der Waals surface area contributed by atoms with Gasteiger partial charge in [0.1, 0.15) is 23.5 Å². The summed E-state index contributed by atoms with van der Waals surface area (Å²) < 4.78 is 39.1. The Morgan fingerprint density at radius 3 is 1.83 bits per heavy atom. The molecule has 2 N–H and O–H groups in total. The molecule has 6 nitrogen and oxygen atoms in total. The third-order valence-corrected chi connectivity index (χ3v) is 3.94. The summed E-state index contributed by atoms with van der Waals surface area (Å²) in [6.45, 7) is 0.104. The largest absolute Gasteiger partial charge is 0.347 e. The number of halogens is 4. The van der Waals surface area contributed by atoms with Crippen LogP contribution in [-0.4, -0.2) is 21.8 Å². The van der Waals surface area contributed by atoms with Crippen molar-refractivity contribution in [2.75, 3.05) is 0 Å². The SMILES string of the molecule is Cl.O=C(NCc1ccc(F)cc1)c1cc(C(=O)NCc2ccc(F)c(F)c2)ncn1. The van der Waals surface area contributed by atoms with Crippen LogP contribution in [0.15, 0.2) is 54.9 Å². The van der Waals surface area contributed by atoms with Crippen LogP contribution in [0.2, 0.25) is 0 Å². The molecule has 0 spiro atoms. The van der Waals surface area contributed by atoms with Gasteiger partial charge in [-0.2, -0.15) is 0 Å². The molecule has 0 aliphatic rings. The van der Waals surface area contributed by atoms with Gasteiger partial charge >= 0.3 is 0 Å². The molecule has 0 unspecified atom stereocenters. The van der Waals surface area contributed by atoms with E-state index in [2.05, 4.69) is 20.6 Å². The minimum atomic E-state index is -1.01. The Bertz CT molecular complexity index is 1050. The van der Waals surface area contributed by atoms with Crippen LogP contribution < -0.4 is 10.6 Å². The van der Waals surface area contributed by atoms with Crippen LogP contribution in [0.3, 0.4) is 0 Å². The van der Waals surface area contributed by atoms with Gasteiger partial charge in [0.2, 0.25) is 0 Å². The summed E-state index contributed by atoms with van der Waals surface area (Å²) in [5.41, 5.74) is 0.969. The Morgan fingerprint density at radius 1 is 0.733 bits per heavy atom. The molecule has 0 aliphatic heterocycles. The van der Waals surface area contributed by atoms with Crippen molar-refractivity contribution >= 4 is 24.2 Å². The lowest BCUT2D eigenvalue weighted by atomic mass is 10.2. The van der Waals surface area contributed by atoms with E-state index < -0.39 is 23.4 Å². The lowest BCUT2D eigenvalue weighted by Gasteiger charge is -2.07. The molecule has 2 aromatic carbocycles. The first-order valence-electron chi connectivity index (χ1n) is 8.49. The van der Waals surface area contributed by atoms with Gasteiger partial charge in [-0.15, -0.1) is 12.4 Å². The molecule has 2 amide bonds. The normalized spacial score (nSPS) is 10.1. The summed E-state index contributed by atoms with van der Waals surface area (Å²) in [4.78, 5) is 32.1. The second-order valence-electron chi connectivity index (χ2n) is 6.03. The first kappa shape index (κ1) is 22.8. The number of rotatable bonds is 6. The second-order valence-corrected chi connectivity index (χ2v) is 6.03. The number of hydrogen-bond donors (Lipinski definition) is 2. The molecule has 3 aromatic rings. The fraction of sp³-hybridized carbons (Fsp3) is 0.100. The minimum absolute atomic E-state index is 0. The van der Waals surface area contributed by atoms with Crippen molar-refractivity contribution in [3.05, 3.63) is 94.8 Å². The summed E-state index contributed by atoms with van der Waals surface area (Å²) >= 11 is 0. The number of carbonyl (C=O) groups is 2. The maximum Gasteiger partial charge on any atom is 0.270 e. The van der Waals surface area contributed by atoms with Crippen molar-refractivity contribution in [3.63, 3.8) is 0 Å². The van der Waals surface area contributed by atoms with Gasteiger partial charge in [0.25, 0.3) is 11.8 Å². The van der Waals surface area contributed by atoms with Crippen molar-refractivity contribution in [1.29, 1.82) is 0 Å². The molecule has 0 atom stereocenters. The molecule has 10 heteroatoms. The van der Waals surface area contributed by atoms with Crippen molar-refractivity contribution in [2.24, 2.45) is 0 Å². The zero-order valence-corrected chi connectivity index (χ0v) is 16.2. The third-order valence-electron chi connectivity index (χ3n) is 3.94. The molecule has 1 aromatic heterocycles. The van der Waals surface area contributed by atoms with Gasteiger partial charge in [-0.1, -0.05) is 18.2 Å². The van der Waals surface area contributed by atoms with Gasteiger partial charge < -0.3 is 10.6 Å². The molecule has 156 valence electrons.